The van der Waals surface area contributed by atoms with Crippen LogP contribution in [0.15, 0.2) is 24.3 Å². The maximum atomic E-state index is 8.90. The van der Waals surface area contributed by atoms with Crippen LogP contribution in [0.2, 0.25) is 0 Å². The predicted octanol–water partition coefficient (Wildman–Crippen LogP) is 2.90. The van der Waals surface area contributed by atoms with Crippen LogP contribution in [0, 0.1) is 11.3 Å². The van der Waals surface area contributed by atoms with E-state index in [-0.39, 0.29) is 0 Å². The predicted molar refractivity (Wildman–Crippen MR) is 65.2 cm³/mol. The van der Waals surface area contributed by atoms with E-state index in [1.807, 2.05) is 18.2 Å². The molecule has 0 spiro atoms. The zero-order valence-electron chi connectivity index (χ0n) is 8.60. The summed E-state index contributed by atoms with van der Waals surface area (Å²) >= 11 is 4.11. The fraction of sp³-hybridized carbons (Fsp3) is 0.250. The third kappa shape index (κ3) is 3.34. The highest BCUT2D eigenvalue weighted by Crippen LogP contribution is 2.18. The van der Waals surface area contributed by atoms with Crippen molar-refractivity contribution < 1.29 is 4.74 Å². The summed E-state index contributed by atoms with van der Waals surface area (Å²) in [6.07, 6.45) is 4.82. The molecule has 1 aromatic rings. The second-order valence-electron chi connectivity index (χ2n) is 2.98. The number of nitriles is 1. The molecule has 0 heterocycles. The van der Waals surface area contributed by atoms with Gasteiger partial charge in [-0.05, 0) is 35.9 Å². The van der Waals surface area contributed by atoms with E-state index < -0.39 is 0 Å². The van der Waals surface area contributed by atoms with Crippen molar-refractivity contribution in [2.24, 2.45) is 0 Å². The molecule has 3 heteroatoms. The Balaban J connectivity index is 2.97. The first-order chi connectivity index (χ1) is 7.31. The Morgan fingerprint density at radius 1 is 1.53 bits per heavy atom. The fourth-order valence-electron chi connectivity index (χ4n) is 1.19. The third-order valence-corrected chi connectivity index (χ3v) is 2.23. The zero-order valence-corrected chi connectivity index (χ0v) is 9.50. The maximum Gasteiger partial charge on any atom is 0.119 e. The van der Waals surface area contributed by atoms with Gasteiger partial charge in [0.1, 0.15) is 5.75 Å². The number of rotatable bonds is 4. The van der Waals surface area contributed by atoms with Crippen molar-refractivity contribution in [3.8, 4) is 11.8 Å². The topological polar surface area (TPSA) is 33.0 Å². The van der Waals surface area contributed by atoms with Crippen LogP contribution in [-0.2, 0) is 0 Å². The molecule has 0 aliphatic rings. The Labute approximate surface area is 95.6 Å². The lowest BCUT2D eigenvalue weighted by atomic mass is 10.1. The van der Waals surface area contributed by atoms with Crippen LogP contribution >= 0.6 is 12.6 Å². The molecule has 0 saturated heterocycles. The molecule has 0 atom stereocenters. The lowest BCUT2D eigenvalue weighted by Gasteiger charge is -2.02. The average Bonchev–Trinajstić information content (AvgIpc) is 2.29. The normalized spacial score (nSPS) is 10.2. The molecule has 0 aliphatic carbocycles. The lowest BCUT2D eigenvalue weighted by Crippen LogP contribution is -1.87. The van der Waals surface area contributed by atoms with Gasteiger partial charge in [-0.15, -0.1) is 0 Å². The Morgan fingerprint density at radius 2 is 2.33 bits per heavy atom. The quantitative estimate of drug-likeness (QED) is 0.790. The molecule has 0 aliphatic heterocycles. The summed E-state index contributed by atoms with van der Waals surface area (Å²) < 4.78 is 5.10. The summed E-state index contributed by atoms with van der Waals surface area (Å²) in [5.74, 6) is 1.57. The molecule has 0 saturated carbocycles. The Morgan fingerprint density at radius 3 is 2.93 bits per heavy atom. The van der Waals surface area contributed by atoms with E-state index in [4.69, 9.17) is 10.00 Å². The molecule has 1 rings (SSSR count). The molecular formula is C12H13NOS. The van der Waals surface area contributed by atoms with E-state index in [1.165, 1.54) is 0 Å². The van der Waals surface area contributed by atoms with Gasteiger partial charge in [-0.2, -0.15) is 17.9 Å². The van der Waals surface area contributed by atoms with Crippen LogP contribution < -0.4 is 4.74 Å². The van der Waals surface area contributed by atoms with Crippen LogP contribution in [0.4, 0.5) is 0 Å². The smallest absolute Gasteiger partial charge is 0.119 e. The summed E-state index contributed by atoms with van der Waals surface area (Å²) in [7, 11) is 1.61. The molecule has 0 aromatic heterocycles. The third-order valence-electron chi connectivity index (χ3n) is 1.97. The minimum absolute atomic E-state index is 0.659. The van der Waals surface area contributed by atoms with Crippen molar-refractivity contribution >= 4 is 18.7 Å². The zero-order chi connectivity index (χ0) is 11.1. The van der Waals surface area contributed by atoms with Crippen molar-refractivity contribution in [1.82, 2.24) is 0 Å². The van der Waals surface area contributed by atoms with Crippen LogP contribution in [0.1, 0.15) is 17.5 Å². The molecular weight excluding hydrogens is 206 g/mol. The van der Waals surface area contributed by atoms with Gasteiger partial charge < -0.3 is 4.74 Å². The maximum absolute atomic E-state index is 8.90. The van der Waals surface area contributed by atoms with E-state index in [1.54, 1.807) is 19.2 Å². The van der Waals surface area contributed by atoms with Gasteiger partial charge in [-0.1, -0.05) is 12.2 Å². The Bertz CT molecular complexity index is 393. The van der Waals surface area contributed by atoms with Gasteiger partial charge in [0.25, 0.3) is 0 Å². The van der Waals surface area contributed by atoms with Gasteiger partial charge in [0, 0.05) is 0 Å². The Kier molecular flexibility index (Phi) is 4.79. The largest absolute Gasteiger partial charge is 0.497 e. The van der Waals surface area contributed by atoms with Crippen LogP contribution in [0.25, 0.3) is 6.08 Å². The molecule has 0 radical (unpaired) electrons. The van der Waals surface area contributed by atoms with Crippen molar-refractivity contribution in [3.63, 3.8) is 0 Å². The number of benzene rings is 1. The highest BCUT2D eigenvalue weighted by atomic mass is 32.1. The van der Waals surface area contributed by atoms with E-state index in [0.29, 0.717) is 5.56 Å². The fourth-order valence-corrected chi connectivity index (χ4v) is 1.34. The first kappa shape index (κ1) is 11.7. The minimum atomic E-state index is 0.659. The summed E-state index contributed by atoms with van der Waals surface area (Å²) in [6.45, 7) is 0. The van der Waals surface area contributed by atoms with Gasteiger partial charge in [0.15, 0.2) is 0 Å². The summed E-state index contributed by atoms with van der Waals surface area (Å²) in [5, 5.41) is 8.90. The summed E-state index contributed by atoms with van der Waals surface area (Å²) in [5.41, 5.74) is 1.55. The van der Waals surface area contributed by atoms with E-state index in [0.717, 1.165) is 23.5 Å². The number of hydrogen-bond acceptors (Lipinski definition) is 3. The SMILES string of the molecule is COc1ccc(C#N)c(C=CCCS)c1. The highest BCUT2D eigenvalue weighted by molar-refractivity contribution is 7.80. The number of methoxy groups -OCH3 is 1. The van der Waals surface area contributed by atoms with Crippen molar-refractivity contribution in [2.45, 2.75) is 6.42 Å². The molecule has 0 amide bonds. The summed E-state index contributed by atoms with van der Waals surface area (Å²) in [4.78, 5) is 0. The van der Waals surface area contributed by atoms with Crippen LogP contribution in [0.5, 0.6) is 5.75 Å². The minimum Gasteiger partial charge on any atom is -0.497 e. The molecule has 0 N–H and O–H groups in total. The molecule has 0 bridgehead atoms. The summed E-state index contributed by atoms with van der Waals surface area (Å²) in [6, 6.07) is 7.55. The van der Waals surface area contributed by atoms with Gasteiger partial charge in [-0.3, -0.25) is 0 Å². The lowest BCUT2D eigenvalue weighted by molar-refractivity contribution is 0.414. The van der Waals surface area contributed by atoms with Crippen LogP contribution in [0.3, 0.4) is 0 Å². The van der Waals surface area contributed by atoms with E-state index in [2.05, 4.69) is 18.7 Å². The number of thiol groups is 1. The second-order valence-corrected chi connectivity index (χ2v) is 3.43. The molecule has 15 heavy (non-hydrogen) atoms. The van der Waals surface area contributed by atoms with E-state index >= 15 is 0 Å². The first-order valence-electron chi connectivity index (χ1n) is 4.67. The van der Waals surface area contributed by atoms with Gasteiger partial charge in [0.05, 0.1) is 18.7 Å². The highest BCUT2D eigenvalue weighted by Gasteiger charge is 2.00. The molecule has 0 unspecified atom stereocenters. The van der Waals surface area contributed by atoms with Crippen molar-refractivity contribution in [2.75, 3.05) is 12.9 Å². The van der Waals surface area contributed by atoms with Gasteiger partial charge >= 0.3 is 0 Å². The number of hydrogen-bond donors (Lipinski definition) is 1. The molecule has 78 valence electrons. The Hall–Kier alpha value is -1.40. The monoisotopic (exact) mass is 219 g/mol. The average molecular weight is 219 g/mol. The standard InChI is InChI=1S/C12H13NOS/c1-14-12-6-5-11(9-13)10(8-12)4-2-3-7-15/h2,4-6,8,15H,3,7H2,1H3. The molecule has 0 fully saturated rings. The molecule has 2 nitrogen and oxygen atoms in total. The second kappa shape index (κ2) is 6.15. The van der Waals surface area contributed by atoms with Gasteiger partial charge in [0.2, 0.25) is 0 Å². The number of allylic oxidation sites excluding steroid dienone is 1. The number of ether oxygens (including phenoxy) is 1. The van der Waals surface area contributed by atoms with Crippen molar-refractivity contribution in [1.29, 1.82) is 5.26 Å². The first-order valence-corrected chi connectivity index (χ1v) is 5.30. The molecule has 1 aromatic carbocycles. The number of nitrogens with zero attached hydrogens (tertiary/aromatic N) is 1. The van der Waals surface area contributed by atoms with Crippen molar-refractivity contribution in [3.05, 3.63) is 35.4 Å². The van der Waals surface area contributed by atoms with Gasteiger partial charge in [-0.25, -0.2) is 0 Å². The van der Waals surface area contributed by atoms with Crippen LogP contribution in [-0.4, -0.2) is 12.9 Å². The van der Waals surface area contributed by atoms with E-state index in [9.17, 15) is 0 Å².